The van der Waals surface area contributed by atoms with Crippen molar-refractivity contribution in [3.05, 3.63) is 24.3 Å². The second-order valence-electron chi connectivity index (χ2n) is 7.51. The number of hydrogen-bond donors (Lipinski definition) is 2. The highest BCUT2D eigenvalue weighted by Gasteiger charge is 2.34. The fraction of sp³-hybridized carbons (Fsp3) is 0.600. The van der Waals surface area contributed by atoms with E-state index in [0.29, 0.717) is 0 Å². The molecule has 1 saturated heterocycles. The first-order chi connectivity index (χ1) is 12.0. The molecule has 2 N–H and O–H groups in total. The summed E-state index contributed by atoms with van der Waals surface area (Å²) in [6, 6.07) is 7.13. The fourth-order valence-corrected chi connectivity index (χ4v) is 4.23. The summed E-state index contributed by atoms with van der Waals surface area (Å²) in [4.78, 5) is 26.0. The first kappa shape index (κ1) is 17.9. The molecule has 3 rings (SSSR count). The van der Waals surface area contributed by atoms with Crippen LogP contribution in [-0.4, -0.2) is 35.8 Å². The summed E-state index contributed by atoms with van der Waals surface area (Å²) in [5, 5.41) is 5.72. The van der Waals surface area contributed by atoms with Crippen LogP contribution in [0.2, 0.25) is 0 Å². The van der Waals surface area contributed by atoms with Crippen LogP contribution in [0.1, 0.15) is 46.0 Å². The maximum Gasteiger partial charge on any atom is 0.241 e. The van der Waals surface area contributed by atoms with Gasteiger partial charge in [0.1, 0.15) is 0 Å². The largest absolute Gasteiger partial charge is 0.326 e. The summed E-state index contributed by atoms with van der Waals surface area (Å²) < 4.78 is 0. The lowest BCUT2D eigenvalue weighted by Gasteiger charge is -2.43. The number of hydrogen-bond acceptors (Lipinski definition) is 3. The molecule has 1 heterocycles. The first-order valence-electron chi connectivity index (χ1n) is 9.45. The van der Waals surface area contributed by atoms with Gasteiger partial charge in [0.05, 0.1) is 6.04 Å². The third kappa shape index (κ3) is 4.60. The molecule has 5 heteroatoms. The molecule has 25 heavy (non-hydrogen) atoms. The van der Waals surface area contributed by atoms with Crippen molar-refractivity contribution in [3.63, 3.8) is 0 Å². The van der Waals surface area contributed by atoms with Crippen LogP contribution < -0.4 is 10.6 Å². The summed E-state index contributed by atoms with van der Waals surface area (Å²) in [5.41, 5.74) is 1.50. The van der Waals surface area contributed by atoms with Crippen LogP contribution >= 0.6 is 0 Å². The number of benzene rings is 1. The van der Waals surface area contributed by atoms with Gasteiger partial charge in [0, 0.05) is 24.8 Å². The van der Waals surface area contributed by atoms with Gasteiger partial charge in [-0.25, -0.2) is 0 Å². The smallest absolute Gasteiger partial charge is 0.241 e. The van der Waals surface area contributed by atoms with Crippen molar-refractivity contribution < 1.29 is 9.59 Å². The predicted octanol–water partition coefficient (Wildman–Crippen LogP) is 3.48. The monoisotopic (exact) mass is 343 g/mol. The Kier molecular flexibility index (Phi) is 5.74. The molecule has 1 saturated carbocycles. The van der Waals surface area contributed by atoms with Gasteiger partial charge in [0.25, 0.3) is 0 Å². The van der Waals surface area contributed by atoms with E-state index in [-0.39, 0.29) is 17.9 Å². The summed E-state index contributed by atoms with van der Waals surface area (Å²) >= 11 is 0. The molecule has 3 atom stereocenters. The van der Waals surface area contributed by atoms with Crippen molar-refractivity contribution in [2.75, 3.05) is 23.7 Å². The van der Waals surface area contributed by atoms with Gasteiger partial charge >= 0.3 is 0 Å². The van der Waals surface area contributed by atoms with Crippen LogP contribution in [-0.2, 0) is 9.59 Å². The number of nitrogens with one attached hydrogen (secondary N) is 2. The van der Waals surface area contributed by atoms with E-state index in [1.54, 1.807) is 12.1 Å². The highest BCUT2D eigenvalue weighted by molar-refractivity contribution is 5.95. The van der Waals surface area contributed by atoms with E-state index < -0.39 is 0 Å². The molecular weight excluding hydrogens is 314 g/mol. The number of carbonyl (C=O) groups excluding carboxylic acids is 2. The number of nitrogens with zero attached hydrogens (tertiary/aromatic N) is 1. The van der Waals surface area contributed by atoms with E-state index in [4.69, 9.17) is 0 Å². The van der Waals surface area contributed by atoms with Gasteiger partial charge in [-0.1, -0.05) is 19.3 Å². The highest BCUT2D eigenvalue weighted by atomic mass is 16.2. The maximum absolute atomic E-state index is 12.6. The number of fused-ring (bicyclic) bond motifs is 1. The molecule has 0 bridgehead atoms. The normalized spacial score (nSPS) is 24.9. The molecule has 0 spiro atoms. The van der Waals surface area contributed by atoms with Crippen LogP contribution in [0.15, 0.2) is 24.3 Å². The van der Waals surface area contributed by atoms with Crippen LogP contribution in [0.25, 0.3) is 0 Å². The summed E-state index contributed by atoms with van der Waals surface area (Å²) in [7, 11) is 0. The number of likely N-dealkylation sites (tertiary alicyclic amines) is 1. The molecule has 136 valence electrons. The van der Waals surface area contributed by atoms with Gasteiger partial charge in [-0.3, -0.25) is 14.5 Å². The van der Waals surface area contributed by atoms with E-state index in [2.05, 4.69) is 15.5 Å². The molecule has 0 aromatic heterocycles. The van der Waals surface area contributed by atoms with Gasteiger partial charge in [-0.15, -0.1) is 0 Å². The van der Waals surface area contributed by atoms with Gasteiger partial charge in [-0.2, -0.15) is 0 Å². The minimum absolute atomic E-state index is 0.0431. The Morgan fingerprint density at radius 1 is 1.00 bits per heavy atom. The number of rotatable bonds is 4. The quantitative estimate of drug-likeness (QED) is 0.880. The predicted molar refractivity (Wildman–Crippen MR) is 100 cm³/mol. The van der Waals surface area contributed by atoms with Crippen molar-refractivity contribution in [2.45, 2.75) is 52.0 Å². The number of anilines is 2. The van der Waals surface area contributed by atoms with Crippen molar-refractivity contribution in [3.8, 4) is 0 Å². The van der Waals surface area contributed by atoms with Crippen LogP contribution in [0.5, 0.6) is 0 Å². The van der Waals surface area contributed by atoms with Crippen LogP contribution in [0.4, 0.5) is 11.4 Å². The minimum atomic E-state index is -0.113. The summed E-state index contributed by atoms with van der Waals surface area (Å²) in [5.74, 6) is 1.59. The van der Waals surface area contributed by atoms with Crippen molar-refractivity contribution in [1.29, 1.82) is 0 Å². The Balaban J connectivity index is 1.54. The highest BCUT2D eigenvalue weighted by Crippen LogP contribution is 2.36. The molecule has 2 fully saturated rings. The molecule has 0 radical (unpaired) electrons. The second-order valence-corrected chi connectivity index (χ2v) is 7.51. The number of piperidine rings is 1. The maximum atomic E-state index is 12.6. The Hall–Kier alpha value is -1.88. The summed E-state index contributed by atoms with van der Waals surface area (Å²) in [6.07, 6.45) is 6.65. The molecular formula is C20H29N3O2. The number of amides is 2. The van der Waals surface area contributed by atoms with Gasteiger partial charge in [-0.05, 0) is 62.4 Å². The van der Waals surface area contributed by atoms with Gasteiger partial charge < -0.3 is 10.6 Å². The van der Waals surface area contributed by atoms with Crippen molar-refractivity contribution >= 4 is 23.2 Å². The molecule has 1 aromatic rings. The zero-order valence-corrected chi connectivity index (χ0v) is 15.3. The average Bonchev–Trinajstić information content (AvgIpc) is 2.62. The Morgan fingerprint density at radius 3 is 2.24 bits per heavy atom. The molecule has 1 aromatic carbocycles. The lowest BCUT2D eigenvalue weighted by molar-refractivity contribution is -0.122. The van der Waals surface area contributed by atoms with E-state index >= 15 is 0 Å². The zero-order valence-electron chi connectivity index (χ0n) is 15.3. The second kappa shape index (κ2) is 8.00. The lowest BCUT2D eigenvalue weighted by Crippen LogP contribution is -2.49. The van der Waals surface area contributed by atoms with Crippen LogP contribution in [0.3, 0.4) is 0 Å². The van der Waals surface area contributed by atoms with Gasteiger partial charge in [0.2, 0.25) is 11.8 Å². The van der Waals surface area contributed by atoms with Gasteiger partial charge in [0.15, 0.2) is 0 Å². The van der Waals surface area contributed by atoms with Crippen molar-refractivity contribution in [2.24, 2.45) is 11.8 Å². The molecule has 2 amide bonds. The Bertz CT molecular complexity index is 614. The zero-order chi connectivity index (χ0) is 17.8. The standard InChI is InChI=1S/C20H29N3O2/c1-14(23-12-11-16-5-3-4-6-17(16)13-23)20(25)22-19-9-7-18(8-10-19)21-15(2)24/h7-10,14,16-17H,3-6,11-13H2,1-2H3,(H,21,24)(H,22,25)/t14-,16+,17+/m0/s1. The fourth-order valence-electron chi connectivity index (χ4n) is 4.23. The molecule has 0 unspecified atom stereocenters. The summed E-state index contributed by atoms with van der Waals surface area (Å²) in [6.45, 7) is 5.56. The third-order valence-electron chi connectivity index (χ3n) is 5.72. The molecule has 2 aliphatic rings. The first-order valence-corrected chi connectivity index (χ1v) is 9.45. The molecule has 1 aliphatic carbocycles. The van der Waals surface area contributed by atoms with E-state index in [9.17, 15) is 9.59 Å². The topological polar surface area (TPSA) is 61.4 Å². The number of carbonyl (C=O) groups is 2. The Labute approximate surface area is 150 Å². The van der Waals surface area contributed by atoms with E-state index in [1.165, 1.54) is 39.0 Å². The third-order valence-corrected chi connectivity index (χ3v) is 5.72. The SMILES string of the molecule is CC(=O)Nc1ccc(NC(=O)[C@H](C)N2CC[C@H]3CCCC[C@@H]3C2)cc1. The van der Waals surface area contributed by atoms with Crippen LogP contribution in [0, 0.1) is 11.8 Å². The van der Waals surface area contributed by atoms with E-state index in [1.807, 2.05) is 19.1 Å². The molecule has 5 nitrogen and oxygen atoms in total. The van der Waals surface area contributed by atoms with E-state index in [0.717, 1.165) is 36.3 Å². The Morgan fingerprint density at radius 2 is 1.60 bits per heavy atom. The van der Waals surface area contributed by atoms with Crippen molar-refractivity contribution in [1.82, 2.24) is 4.90 Å². The average molecular weight is 343 g/mol. The lowest BCUT2D eigenvalue weighted by atomic mass is 9.75. The molecule has 1 aliphatic heterocycles. The minimum Gasteiger partial charge on any atom is -0.326 e.